The summed E-state index contributed by atoms with van der Waals surface area (Å²) in [6, 6.07) is 9.79. The summed E-state index contributed by atoms with van der Waals surface area (Å²) in [5, 5.41) is 8.04. The van der Waals surface area contributed by atoms with E-state index >= 15 is 0 Å². The third kappa shape index (κ3) is 4.64. The van der Waals surface area contributed by atoms with Gasteiger partial charge in [-0.3, -0.25) is 9.59 Å². The molecule has 2 amide bonds. The summed E-state index contributed by atoms with van der Waals surface area (Å²) in [6.45, 7) is 4.38. The second kappa shape index (κ2) is 9.30. The van der Waals surface area contributed by atoms with E-state index in [1.807, 2.05) is 19.9 Å². The van der Waals surface area contributed by atoms with Gasteiger partial charge in [0.05, 0.1) is 21.3 Å². The van der Waals surface area contributed by atoms with Crippen LogP contribution in [0.4, 0.5) is 5.69 Å². The molecule has 7 nitrogen and oxygen atoms in total. The van der Waals surface area contributed by atoms with Crippen molar-refractivity contribution in [2.45, 2.75) is 39.2 Å². The van der Waals surface area contributed by atoms with Crippen molar-refractivity contribution in [3.63, 3.8) is 0 Å². The Morgan fingerprint density at radius 1 is 1.06 bits per heavy atom. The molecule has 0 aliphatic carbocycles. The van der Waals surface area contributed by atoms with Gasteiger partial charge in [-0.25, -0.2) is 9.67 Å². The molecule has 4 rings (SSSR count). The van der Waals surface area contributed by atoms with E-state index < -0.39 is 6.04 Å². The molecular weight excluding hydrogens is 449 g/mol. The van der Waals surface area contributed by atoms with Gasteiger partial charge in [0, 0.05) is 24.1 Å². The first kappa shape index (κ1) is 22.3. The van der Waals surface area contributed by atoms with Gasteiger partial charge in [-0.2, -0.15) is 5.10 Å². The lowest BCUT2D eigenvalue weighted by molar-refractivity contribution is -0.121. The Morgan fingerprint density at radius 2 is 1.88 bits per heavy atom. The molecule has 1 aliphatic heterocycles. The minimum Gasteiger partial charge on any atom is -0.327 e. The number of carbonyl (C=O) groups is 2. The number of carbonyl (C=O) groups excluding carboxylic acids is 2. The first-order valence-corrected chi connectivity index (χ1v) is 11.2. The number of aromatic nitrogens is 3. The number of halogens is 2. The lowest BCUT2D eigenvalue weighted by Crippen LogP contribution is -2.50. The number of nitrogens with zero attached hydrogens (tertiary/aromatic N) is 4. The zero-order valence-electron chi connectivity index (χ0n) is 17.8. The van der Waals surface area contributed by atoms with Gasteiger partial charge in [0.15, 0.2) is 5.82 Å². The third-order valence-corrected chi connectivity index (χ3v) is 6.21. The van der Waals surface area contributed by atoms with Crippen LogP contribution in [-0.2, 0) is 4.79 Å². The number of amides is 2. The molecule has 9 heteroatoms. The van der Waals surface area contributed by atoms with Gasteiger partial charge in [-0.05, 0) is 69.5 Å². The predicted molar refractivity (Wildman–Crippen MR) is 125 cm³/mol. The average Bonchev–Trinajstić information content (AvgIpc) is 3.13. The highest BCUT2D eigenvalue weighted by Gasteiger charge is 2.33. The van der Waals surface area contributed by atoms with Gasteiger partial charge in [0.1, 0.15) is 6.04 Å². The topological polar surface area (TPSA) is 80.1 Å². The van der Waals surface area contributed by atoms with Crippen LogP contribution in [0.2, 0.25) is 10.0 Å². The van der Waals surface area contributed by atoms with Crippen LogP contribution in [-0.4, -0.2) is 44.1 Å². The van der Waals surface area contributed by atoms with Crippen LogP contribution in [0.1, 0.15) is 41.0 Å². The Morgan fingerprint density at radius 3 is 2.53 bits per heavy atom. The normalized spacial score (nSPS) is 16.1. The molecular formula is C23H23Cl2N5O2. The first-order chi connectivity index (χ1) is 15.3. The smallest absolute Gasteiger partial charge is 0.256 e. The maximum Gasteiger partial charge on any atom is 0.256 e. The number of anilines is 1. The number of rotatable bonds is 4. The molecule has 0 spiro atoms. The van der Waals surface area contributed by atoms with Gasteiger partial charge < -0.3 is 10.2 Å². The third-order valence-electron chi connectivity index (χ3n) is 5.47. The fraction of sp³-hybridized carbons (Fsp3) is 0.304. The van der Waals surface area contributed by atoms with E-state index in [4.69, 9.17) is 23.2 Å². The van der Waals surface area contributed by atoms with Crippen LogP contribution < -0.4 is 5.32 Å². The number of hydrogen-bond donors (Lipinski definition) is 1. The van der Waals surface area contributed by atoms with Crippen molar-refractivity contribution < 1.29 is 9.59 Å². The standard InChI is InChI=1S/C23H23Cl2N5O2/c1-14-11-15(2)30(28-14)21-9-6-16(13-26-21)23(32)29-10-4-3-5-20(29)22(31)27-17-7-8-18(24)19(25)12-17/h6-9,11-13,20H,3-5,10H2,1-2H3,(H,27,31). The van der Waals surface area contributed by atoms with Crippen molar-refractivity contribution in [2.75, 3.05) is 11.9 Å². The van der Waals surface area contributed by atoms with Crippen molar-refractivity contribution >= 4 is 40.7 Å². The minimum absolute atomic E-state index is 0.216. The number of hydrogen-bond acceptors (Lipinski definition) is 4. The van der Waals surface area contributed by atoms with Gasteiger partial charge in [-0.1, -0.05) is 23.2 Å². The number of nitrogens with one attached hydrogen (secondary N) is 1. The Bertz CT molecular complexity index is 1160. The molecule has 1 aromatic carbocycles. The average molecular weight is 472 g/mol. The van der Waals surface area contributed by atoms with Crippen LogP contribution >= 0.6 is 23.2 Å². The van der Waals surface area contributed by atoms with E-state index in [9.17, 15) is 9.59 Å². The lowest BCUT2D eigenvalue weighted by Gasteiger charge is -2.34. The number of benzene rings is 1. The summed E-state index contributed by atoms with van der Waals surface area (Å²) in [4.78, 5) is 32.3. The molecule has 166 valence electrons. The maximum absolute atomic E-state index is 13.2. The van der Waals surface area contributed by atoms with Gasteiger partial charge in [0.25, 0.3) is 5.91 Å². The summed E-state index contributed by atoms with van der Waals surface area (Å²) in [6.07, 6.45) is 3.85. The van der Waals surface area contributed by atoms with Crippen molar-refractivity contribution in [1.29, 1.82) is 0 Å². The van der Waals surface area contributed by atoms with Crippen LogP contribution in [0.25, 0.3) is 5.82 Å². The highest BCUT2D eigenvalue weighted by Crippen LogP contribution is 2.26. The first-order valence-electron chi connectivity index (χ1n) is 10.4. The maximum atomic E-state index is 13.2. The predicted octanol–water partition coefficient (Wildman–Crippen LogP) is 4.82. The number of piperidine rings is 1. The SMILES string of the molecule is Cc1cc(C)n(-c2ccc(C(=O)N3CCCCC3C(=O)Nc3ccc(Cl)c(Cl)c3)cn2)n1. The van der Waals surface area contributed by atoms with Crippen LogP contribution in [0.3, 0.4) is 0 Å². The van der Waals surface area contributed by atoms with Gasteiger partial charge >= 0.3 is 0 Å². The Labute approximate surface area is 196 Å². The van der Waals surface area contributed by atoms with E-state index in [2.05, 4.69) is 15.4 Å². The molecule has 1 atom stereocenters. The van der Waals surface area contributed by atoms with Gasteiger partial charge in [0.2, 0.25) is 5.91 Å². The molecule has 1 saturated heterocycles. The largest absolute Gasteiger partial charge is 0.327 e. The van der Waals surface area contributed by atoms with Crippen LogP contribution in [0.5, 0.6) is 0 Å². The summed E-state index contributed by atoms with van der Waals surface area (Å²) >= 11 is 12.0. The minimum atomic E-state index is -0.568. The van der Waals surface area contributed by atoms with E-state index in [0.717, 1.165) is 24.2 Å². The Kier molecular flexibility index (Phi) is 6.48. The summed E-state index contributed by atoms with van der Waals surface area (Å²) in [5.74, 6) is 0.176. The number of likely N-dealkylation sites (tertiary alicyclic amines) is 1. The molecule has 32 heavy (non-hydrogen) atoms. The second-order valence-electron chi connectivity index (χ2n) is 7.87. The Hall–Kier alpha value is -2.90. The molecule has 1 aliphatic rings. The fourth-order valence-corrected chi connectivity index (χ4v) is 4.21. The zero-order chi connectivity index (χ0) is 22.8. The van der Waals surface area contributed by atoms with Crippen LogP contribution in [0, 0.1) is 13.8 Å². The highest BCUT2D eigenvalue weighted by atomic mass is 35.5. The monoisotopic (exact) mass is 471 g/mol. The fourth-order valence-electron chi connectivity index (χ4n) is 3.91. The lowest BCUT2D eigenvalue weighted by atomic mass is 10.00. The molecule has 2 aromatic heterocycles. The van der Waals surface area contributed by atoms with E-state index in [1.54, 1.807) is 39.9 Å². The molecule has 1 unspecified atom stereocenters. The van der Waals surface area contributed by atoms with Crippen molar-refractivity contribution in [3.05, 3.63) is 69.6 Å². The van der Waals surface area contributed by atoms with E-state index in [-0.39, 0.29) is 11.8 Å². The van der Waals surface area contributed by atoms with Crippen molar-refractivity contribution in [3.8, 4) is 5.82 Å². The van der Waals surface area contributed by atoms with E-state index in [0.29, 0.717) is 40.1 Å². The van der Waals surface area contributed by atoms with Crippen molar-refractivity contribution in [2.24, 2.45) is 0 Å². The quantitative estimate of drug-likeness (QED) is 0.590. The summed E-state index contributed by atoms with van der Waals surface area (Å²) in [5.41, 5.74) is 2.83. The molecule has 3 aromatic rings. The Balaban J connectivity index is 1.51. The molecule has 1 fully saturated rings. The molecule has 0 saturated carbocycles. The van der Waals surface area contributed by atoms with Crippen molar-refractivity contribution in [1.82, 2.24) is 19.7 Å². The number of pyridine rings is 1. The summed E-state index contributed by atoms with van der Waals surface area (Å²) < 4.78 is 1.73. The molecule has 0 bridgehead atoms. The van der Waals surface area contributed by atoms with Crippen LogP contribution in [0.15, 0.2) is 42.6 Å². The molecule has 1 N–H and O–H groups in total. The van der Waals surface area contributed by atoms with E-state index in [1.165, 1.54) is 6.20 Å². The van der Waals surface area contributed by atoms with Gasteiger partial charge in [-0.15, -0.1) is 0 Å². The summed E-state index contributed by atoms with van der Waals surface area (Å²) in [7, 11) is 0. The molecule has 0 radical (unpaired) electrons. The second-order valence-corrected chi connectivity index (χ2v) is 8.69. The highest BCUT2D eigenvalue weighted by molar-refractivity contribution is 6.42. The zero-order valence-corrected chi connectivity index (χ0v) is 19.3. The number of aryl methyl sites for hydroxylation is 2. The molecule has 3 heterocycles.